The lowest BCUT2D eigenvalue weighted by Crippen LogP contribution is -2.31. The maximum atomic E-state index is 5.70. The summed E-state index contributed by atoms with van der Waals surface area (Å²) in [5, 5.41) is 3.58. The van der Waals surface area contributed by atoms with Crippen LogP contribution < -0.4 is 14.8 Å². The first-order chi connectivity index (χ1) is 9.09. The molecule has 3 nitrogen and oxygen atoms in total. The highest BCUT2D eigenvalue weighted by Gasteiger charge is 2.30. The molecule has 3 heteroatoms. The third-order valence-corrected chi connectivity index (χ3v) is 3.83. The summed E-state index contributed by atoms with van der Waals surface area (Å²) >= 11 is 0. The van der Waals surface area contributed by atoms with Gasteiger partial charge >= 0.3 is 0 Å². The topological polar surface area (TPSA) is 30.5 Å². The Morgan fingerprint density at radius 3 is 2.47 bits per heavy atom. The third-order valence-electron chi connectivity index (χ3n) is 3.83. The van der Waals surface area contributed by atoms with Gasteiger partial charge in [-0.2, -0.15) is 0 Å². The molecule has 0 heterocycles. The number of ether oxygens (including phenoxy) is 2. The van der Waals surface area contributed by atoms with Crippen molar-refractivity contribution in [3.8, 4) is 11.5 Å². The Labute approximate surface area is 116 Å². The number of hydrogen-bond acceptors (Lipinski definition) is 3. The van der Waals surface area contributed by atoms with Crippen LogP contribution in [0, 0.1) is 5.41 Å². The molecule has 1 unspecified atom stereocenters. The lowest BCUT2D eigenvalue weighted by molar-refractivity contribution is 0.299. The fourth-order valence-corrected chi connectivity index (χ4v) is 2.71. The molecule has 0 bridgehead atoms. The molecule has 1 fully saturated rings. The summed E-state index contributed by atoms with van der Waals surface area (Å²) in [7, 11) is 1.67. The van der Waals surface area contributed by atoms with E-state index < -0.39 is 0 Å². The molecule has 106 valence electrons. The van der Waals surface area contributed by atoms with Gasteiger partial charge in [-0.1, -0.05) is 13.8 Å². The van der Waals surface area contributed by atoms with E-state index in [0.717, 1.165) is 18.0 Å². The summed E-state index contributed by atoms with van der Waals surface area (Å²) in [5.74, 6) is 1.76. The molecule has 0 aliphatic heterocycles. The van der Waals surface area contributed by atoms with E-state index >= 15 is 0 Å². The summed E-state index contributed by atoms with van der Waals surface area (Å²) < 4.78 is 10.8. The molecule has 0 aromatic heterocycles. The van der Waals surface area contributed by atoms with Crippen molar-refractivity contribution in [3.05, 3.63) is 24.3 Å². The summed E-state index contributed by atoms with van der Waals surface area (Å²) in [6.07, 6.45) is 3.88. The van der Waals surface area contributed by atoms with Crippen LogP contribution in [0.3, 0.4) is 0 Å². The van der Waals surface area contributed by atoms with E-state index in [1.165, 1.54) is 19.3 Å². The molecule has 0 amide bonds. The zero-order valence-electron chi connectivity index (χ0n) is 12.2. The minimum absolute atomic E-state index is 0.508. The predicted octanol–water partition coefficient (Wildman–Crippen LogP) is 3.24. The molecule has 1 atom stereocenters. The van der Waals surface area contributed by atoms with Gasteiger partial charge in [-0.25, -0.2) is 0 Å². The largest absolute Gasteiger partial charge is 0.497 e. The van der Waals surface area contributed by atoms with Crippen LogP contribution in [-0.2, 0) is 0 Å². The Kier molecular flexibility index (Phi) is 4.70. The minimum atomic E-state index is 0.508. The Morgan fingerprint density at radius 1 is 1.21 bits per heavy atom. The summed E-state index contributed by atoms with van der Waals surface area (Å²) in [4.78, 5) is 0. The second-order valence-electron chi connectivity index (χ2n) is 6.08. The van der Waals surface area contributed by atoms with E-state index in [0.29, 0.717) is 18.1 Å². The predicted molar refractivity (Wildman–Crippen MR) is 77.9 cm³/mol. The van der Waals surface area contributed by atoms with E-state index in [2.05, 4.69) is 19.2 Å². The standard InChI is InChI=1S/C16H25NO2/c1-16(2)9-8-13(12-16)17-10-11-19-15-6-4-14(18-3)5-7-15/h4-7,13,17H,8-12H2,1-3H3. The van der Waals surface area contributed by atoms with E-state index in [1.807, 2.05) is 24.3 Å². The van der Waals surface area contributed by atoms with Crippen molar-refractivity contribution >= 4 is 0 Å². The smallest absolute Gasteiger partial charge is 0.119 e. The summed E-state index contributed by atoms with van der Waals surface area (Å²) in [5.41, 5.74) is 0.508. The molecule has 1 N–H and O–H groups in total. The molecular formula is C16H25NO2. The van der Waals surface area contributed by atoms with Crippen molar-refractivity contribution in [2.75, 3.05) is 20.3 Å². The zero-order chi connectivity index (χ0) is 13.7. The average molecular weight is 263 g/mol. The van der Waals surface area contributed by atoms with Gasteiger partial charge in [0.1, 0.15) is 18.1 Å². The first-order valence-corrected chi connectivity index (χ1v) is 7.09. The minimum Gasteiger partial charge on any atom is -0.497 e. The van der Waals surface area contributed by atoms with Gasteiger partial charge < -0.3 is 14.8 Å². The number of rotatable bonds is 6. The van der Waals surface area contributed by atoms with Crippen LogP contribution in [0.2, 0.25) is 0 Å². The molecule has 1 aromatic rings. The van der Waals surface area contributed by atoms with Crippen molar-refractivity contribution in [3.63, 3.8) is 0 Å². The van der Waals surface area contributed by atoms with Gasteiger partial charge in [0.05, 0.1) is 7.11 Å². The summed E-state index contributed by atoms with van der Waals surface area (Å²) in [6, 6.07) is 8.38. The van der Waals surface area contributed by atoms with Crippen LogP contribution in [0.25, 0.3) is 0 Å². The van der Waals surface area contributed by atoms with Gasteiger partial charge in [0.2, 0.25) is 0 Å². The molecule has 2 rings (SSSR count). The third kappa shape index (κ3) is 4.43. The summed E-state index contributed by atoms with van der Waals surface area (Å²) in [6.45, 7) is 6.32. The average Bonchev–Trinajstić information content (AvgIpc) is 2.75. The molecule has 1 aliphatic carbocycles. The highest BCUT2D eigenvalue weighted by Crippen LogP contribution is 2.36. The van der Waals surface area contributed by atoms with Crippen molar-refractivity contribution < 1.29 is 9.47 Å². The fraction of sp³-hybridized carbons (Fsp3) is 0.625. The maximum Gasteiger partial charge on any atom is 0.119 e. The lowest BCUT2D eigenvalue weighted by atomic mass is 9.92. The highest BCUT2D eigenvalue weighted by atomic mass is 16.5. The normalized spacial score (nSPS) is 21.3. The molecule has 19 heavy (non-hydrogen) atoms. The van der Waals surface area contributed by atoms with E-state index in [9.17, 15) is 0 Å². The van der Waals surface area contributed by atoms with Crippen LogP contribution in [0.4, 0.5) is 0 Å². The lowest BCUT2D eigenvalue weighted by Gasteiger charge is -2.18. The zero-order valence-corrected chi connectivity index (χ0v) is 12.2. The first kappa shape index (κ1) is 14.2. The molecule has 0 radical (unpaired) electrons. The van der Waals surface area contributed by atoms with Gasteiger partial charge in [-0.3, -0.25) is 0 Å². The van der Waals surface area contributed by atoms with Crippen molar-refractivity contribution in [2.24, 2.45) is 5.41 Å². The quantitative estimate of drug-likeness (QED) is 0.799. The van der Waals surface area contributed by atoms with E-state index in [4.69, 9.17) is 9.47 Å². The highest BCUT2D eigenvalue weighted by molar-refractivity contribution is 5.31. The molecule has 1 saturated carbocycles. The first-order valence-electron chi connectivity index (χ1n) is 7.09. The van der Waals surface area contributed by atoms with Crippen molar-refractivity contribution in [1.82, 2.24) is 5.32 Å². The van der Waals surface area contributed by atoms with Gasteiger partial charge in [0.25, 0.3) is 0 Å². The molecule has 0 spiro atoms. The van der Waals surface area contributed by atoms with Crippen LogP contribution in [0.5, 0.6) is 11.5 Å². The molecular weight excluding hydrogens is 238 g/mol. The van der Waals surface area contributed by atoms with Gasteiger partial charge in [-0.05, 0) is 48.9 Å². The Balaban J connectivity index is 1.64. The van der Waals surface area contributed by atoms with E-state index in [-0.39, 0.29) is 0 Å². The van der Waals surface area contributed by atoms with Crippen LogP contribution in [0.1, 0.15) is 33.1 Å². The Morgan fingerprint density at radius 2 is 1.89 bits per heavy atom. The fourth-order valence-electron chi connectivity index (χ4n) is 2.71. The van der Waals surface area contributed by atoms with Crippen molar-refractivity contribution in [2.45, 2.75) is 39.2 Å². The van der Waals surface area contributed by atoms with Crippen molar-refractivity contribution in [1.29, 1.82) is 0 Å². The second kappa shape index (κ2) is 6.29. The number of nitrogens with one attached hydrogen (secondary N) is 1. The second-order valence-corrected chi connectivity index (χ2v) is 6.08. The molecule has 1 aromatic carbocycles. The van der Waals surface area contributed by atoms with Crippen LogP contribution in [0.15, 0.2) is 24.3 Å². The van der Waals surface area contributed by atoms with Gasteiger partial charge in [0, 0.05) is 12.6 Å². The molecule has 0 saturated heterocycles. The van der Waals surface area contributed by atoms with Crippen LogP contribution >= 0.6 is 0 Å². The molecule has 1 aliphatic rings. The van der Waals surface area contributed by atoms with Gasteiger partial charge in [-0.15, -0.1) is 0 Å². The number of methoxy groups -OCH3 is 1. The maximum absolute atomic E-state index is 5.70. The SMILES string of the molecule is COc1ccc(OCCNC2CCC(C)(C)C2)cc1. The number of benzene rings is 1. The Hall–Kier alpha value is -1.22. The Bertz CT molecular complexity index is 386. The van der Waals surface area contributed by atoms with Gasteiger partial charge in [0.15, 0.2) is 0 Å². The van der Waals surface area contributed by atoms with E-state index in [1.54, 1.807) is 7.11 Å². The van der Waals surface area contributed by atoms with Crippen LogP contribution in [-0.4, -0.2) is 26.3 Å². The number of hydrogen-bond donors (Lipinski definition) is 1. The monoisotopic (exact) mass is 263 g/mol.